The van der Waals surface area contributed by atoms with E-state index in [9.17, 15) is 4.79 Å². The summed E-state index contributed by atoms with van der Waals surface area (Å²) in [5, 5.41) is 12.0. The lowest BCUT2D eigenvalue weighted by Gasteiger charge is -2.43. The molecule has 30 heavy (non-hydrogen) atoms. The van der Waals surface area contributed by atoms with Crippen LogP contribution in [0, 0.1) is 17.8 Å². The second-order valence-corrected chi connectivity index (χ2v) is 9.17. The number of carbonyl (C=O) groups is 1. The Morgan fingerprint density at radius 3 is 2.67 bits per heavy atom. The van der Waals surface area contributed by atoms with E-state index in [1.54, 1.807) is 0 Å². The van der Waals surface area contributed by atoms with E-state index in [0.29, 0.717) is 17.9 Å². The molecule has 2 heterocycles. The summed E-state index contributed by atoms with van der Waals surface area (Å²) >= 11 is 0. The van der Waals surface area contributed by atoms with Crippen LogP contribution in [0.25, 0.3) is 11.4 Å². The lowest BCUT2D eigenvalue weighted by molar-refractivity contribution is -0.122. The van der Waals surface area contributed by atoms with Gasteiger partial charge in [0.05, 0.1) is 0 Å². The number of rotatable bonds is 3. The van der Waals surface area contributed by atoms with Gasteiger partial charge in [-0.1, -0.05) is 25.0 Å². The van der Waals surface area contributed by atoms with Gasteiger partial charge < -0.3 is 15.6 Å². The lowest BCUT2D eigenvalue weighted by Crippen LogP contribution is -2.48. The van der Waals surface area contributed by atoms with Crippen LogP contribution in [0.2, 0.25) is 0 Å². The molecule has 3 N–H and O–H groups in total. The summed E-state index contributed by atoms with van der Waals surface area (Å²) in [4.78, 5) is 13.0. The Kier molecular flexibility index (Phi) is 6.44. The van der Waals surface area contributed by atoms with Crippen molar-refractivity contribution in [3.63, 3.8) is 0 Å². The third-order valence-corrected chi connectivity index (χ3v) is 7.28. The Morgan fingerprint density at radius 2 is 1.87 bits per heavy atom. The first kappa shape index (κ1) is 21.3. The summed E-state index contributed by atoms with van der Waals surface area (Å²) in [5.41, 5.74) is 8.26. The Morgan fingerprint density at radius 1 is 1.07 bits per heavy atom. The summed E-state index contributed by atoms with van der Waals surface area (Å²) in [6.45, 7) is 0.972. The van der Waals surface area contributed by atoms with E-state index in [1.165, 1.54) is 38.5 Å². The van der Waals surface area contributed by atoms with E-state index < -0.39 is 0 Å². The third kappa shape index (κ3) is 4.12. The van der Waals surface area contributed by atoms with E-state index in [2.05, 4.69) is 26.1 Å². The average Bonchev–Trinajstić information content (AvgIpc) is 2.96. The van der Waals surface area contributed by atoms with Crippen LogP contribution in [-0.2, 0) is 17.8 Å². The predicted octanol–water partition coefficient (Wildman–Crippen LogP) is 4.19. The highest BCUT2D eigenvalue weighted by Gasteiger charge is 2.40. The van der Waals surface area contributed by atoms with Crippen LogP contribution in [0.15, 0.2) is 24.3 Å². The summed E-state index contributed by atoms with van der Waals surface area (Å²) in [6, 6.07) is 8.35. The minimum absolute atomic E-state index is 0. The first-order chi connectivity index (χ1) is 14.2. The highest BCUT2D eigenvalue weighted by atomic mass is 35.5. The SMILES string of the molecule is Cl.NC1C2CCCC1CC(C(=O)Nc1cccc(-c3nnc4n3CCCCC4)c1)C2. The number of nitrogens with zero attached hydrogens (tertiary/aromatic N) is 3. The van der Waals surface area contributed by atoms with Crippen LogP contribution in [0.1, 0.15) is 57.2 Å². The van der Waals surface area contributed by atoms with Gasteiger partial charge in [0, 0.05) is 36.2 Å². The molecule has 1 aliphatic heterocycles. The molecule has 7 heteroatoms. The number of hydrogen-bond donors (Lipinski definition) is 2. The molecule has 2 saturated carbocycles. The van der Waals surface area contributed by atoms with E-state index in [-0.39, 0.29) is 24.2 Å². The number of carbonyl (C=O) groups excluding carboxylic acids is 1. The predicted molar refractivity (Wildman–Crippen MR) is 120 cm³/mol. The zero-order valence-electron chi connectivity index (χ0n) is 17.4. The van der Waals surface area contributed by atoms with Crippen molar-refractivity contribution in [2.24, 2.45) is 23.5 Å². The van der Waals surface area contributed by atoms with Crippen molar-refractivity contribution >= 4 is 24.0 Å². The van der Waals surface area contributed by atoms with Crippen molar-refractivity contribution < 1.29 is 4.79 Å². The molecule has 2 atom stereocenters. The van der Waals surface area contributed by atoms with Gasteiger partial charge in [-0.05, 0) is 62.5 Å². The molecule has 1 amide bonds. The molecule has 2 unspecified atom stereocenters. The van der Waals surface area contributed by atoms with Gasteiger partial charge >= 0.3 is 0 Å². The number of amides is 1. The number of aromatic nitrogens is 3. The number of fused-ring (bicyclic) bond motifs is 3. The van der Waals surface area contributed by atoms with Crippen LogP contribution in [-0.4, -0.2) is 26.7 Å². The smallest absolute Gasteiger partial charge is 0.227 e. The average molecular weight is 430 g/mol. The Hall–Kier alpha value is -1.92. The molecular formula is C23H32ClN5O. The maximum absolute atomic E-state index is 13.0. The molecule has 2 aliphatic carbocycles. The lowest BCUT2D eigenvalue weighted by atomic mass is 9.65. The van der Waals surface area contributed by atoms with Gasteiger partial charge in [0.2, 0.25) is 5.91 Å². The molecule has 0 radical (unpaired) electrons. The molecule has 0 saturated heterocycles. The number of anilines is 1. The van der Waals surface area contributed by atoms with Gasteiger partial charge in [-0.2, -0.15) is 0 Å². The first-order valence-electron chi connectivity index (χ1n) is 11.3. The van der Waals surface area contributed by atoms with Crippen molar-refractivity contribution in [2.75, 3.05) is 5.32 Å². The van der Waals surface area contributed by atoms with Crippen LogP contribution in [0.5, 0.6) is 0 Å². The summed E-state index contributed by atoms with van der Waals surface area (Å²) < 4.78 is 2.25. The van der Waals surface area contributed by atoms with Crippen LogP contribution in [0.4, 0.5) is 5.69 Å². The number of nitrogens with two attached hydrogens (primary N) is 1. The van der Waals surface area contributed by atoms with Crippen molar-refractivity contribution in [3.8, 4) is 11.4 Å². The molecule has 162 valence electrons. The monoisotopic (exact) mass is 429 g/mol. The van der Waals surface area contributed by atoms with Gasteiger partial charge in [-0.25, -0.2) is 0 Å². The molecule has 2 bridgehead atoms. The topological polar surface area (TPSA) is 85.8 Å². The largest absolute Gasteiger partial charge is 0.327 e. The summed E-state index contributed by atoms with van der Waals surface area (Å²) in [6.07, 6.45) is 10.1. The number of halogens is 1. The standard InChI is InChI=1S/C23H31N5O.ClH/c24-21-15-6-4-7-16(21)13-18(12-15)23(29)25-19-9-5-8-17(14-19)22-27-26-20-10-2-1-3-11-28(20)22;/h5,8-9,14-16,18,21H,1-4,6-7,10-13,24H2,(H,25,29);1H. The minimum Gasteiger partial charge on any atom is -0.327 e. The van der Waals surface area contributed by atoms with E-state index >= 15 is 0 Å². The Balaban J connectivity index is 0.00000218. The van der Waals surface area contributed by atoms with E-state index in [0.717, 1.165) is 48.7 Å². The molecule has 6 nitrogen and oxygen atoms in total. The molecular weight excluding hydrogens is 398 g/mol. The maximum atomic E-state index is 13.0. The molecule has 0 spiro atoms. The highest BCUT2D eigenvalue weighted by Crippen LogP contribution is 2.42. The quantitative estimate of drug-likeness (QED) is 0.766. The minimum atomic E-state index is 0. The first-order valence-corrected chi connectivity index (χ1v) is 11.3. The fourth-order valence-corrected chi connectivity index (χ4v) is 5.68. The van der Waals surface area contributed by atoms with Gasteiger partial charge in [-0.3, -0.25) is 4.79 Å². The van der Waals surface area contributed by atoms with E-state index in [1.807, 2.05) is 18.2 Å². The third-order valence-electron chi connectivity index (χ3n) is 7.28. The molecule has 2 fully saturated rings. The molecule has 1 aromatic heterocycles. The fraction of sp³-hybridized carbons (Fsp3) is 0.609. The Labute approximate surface area is 184 Å². The van der Waals surface area contributed by atoms with Gasteiger partial charge in [0.25, 0.3) is 0 Å². The zero-order chi connectivity index (χ0) is 19.8. The van der Waals surface area contributed by atoms with Crippen LogP contribution >= 0.6 is 12.4 Å². The molecule has 2 aromatic rings. The molecule has 5 rings (SSSR count). The number of benzene rings is 1. The normalized spacial score (nSPS) is 28.0. The van der Waals surface area contributed by atoms with Crippen LogP contribution in [0.3, 0.4) is 0 Å². The number of nitrogens with one attached hydrogen (secondary N) is 1. The second kappa shape index (κ2) is 9.06. The summed E-state index contributed by atoms with van der Waals surface area (Å²) in [7, 11) is 0. The fourth-order valence-electron chi connectivity index (χ4n) is 5.68. The number of hydrogen-bond acceptors (Lipinski definition) is 4. The van der Waals surface area contributed by atoms with Crippen molar-refractivity contribution in [1.82, 2.24) is 14.8 Å². The van der Waals surface area contributed by atoms with Gasteiger partial charge in [0.15, 0.2) is 5.82 Å². The van der Waals surface area contributed by atoms with E-state index in [4.69, 9.17) is 5.73 Å². The van der Waals surface area contributed by atoms with Crippen molar-refractivity contribution in [3.05, 3.63) is 30.1 Å². The summed E-state index contributed by atoms with van der Waals surface area (Å²) in [5.74, 6) is 3.24. The second-order valence-electron chi connectivity index (χ2n) is 9.17. The number of aryl methyl sites for hydroxylation is 1. The molecule has 1 aromatic carbocycles. The van der Waals surface area contributed by atoms with Crippen molar-refractivity contribution in [2.45, 2.75) is 70.4 Å². The van der Waals surface area contributed by atoms with Gasteiger partial charge in [-0.15, -0.1) is 22.6 Å². The molecule has 3 aliphatic rings. The van der Waals surface area contributed by atoms with Crippen molar-refractivity contribution in [1.29, 1.82) is 0 Å². The Bertz CT molecular complexity index is 883. The highest BCUT2D eigenvalue weighted by molar-refractivity contribution is 5.93. The zero-order valence-corrected chi connectivity index (χ0v) is 18.2. The maximum Gasteiger partial charge on any atom is 0.227 e. The van der Waals surface area contributed by atoms with Crippen LogP contribution < -0.4 is 11.1 Å². The van der Waals surface area contributed by atoms with Gasteiger partial charge in [0.1, 0.15) is 5.82 Å².